The normalized spacial score (nSPS) is 14.2. The van der Waals surface area contributed by atoms with Crippen molar-refractivity contribution in [3.05, 3.63) is 35.4 Å². The minimum Gasteiger partial charge on any atom is -0.324 e. The average Bonchev–Trinajstić information content (AvgIpc) is 2.02. The number of rotatable bonds is 2. The van der Waals surface area contributed by atoms with Crippen LogP contribution in [-0.4, -0.2) is 9.79 Å². The molecule has 0 unspecified atom stereocenters. The molecule has 1 aromatic rings. The predicted molar refractivity (Wildman–Crippen MR) is 51.6 cm³/mol. The maximum atomic E-state index is 11.0. The summed E-state index contributed by atoms with van der Waals surface area (Å²) in [5.41, 5.74) is 0.919. The number of hydrogen-bond acceptors (Lipinski definition) is 1. The SMILES string of the molecule is Cc1ccccc1[C@@H](C)P(=O)(O)O. The highest BCUT2D eigenvalue weighted by Gasteiger charge is 2.26. The number of benzene rings is 1. The molecule has 13 heavy (non-hydrogen) atoms. The molecule has 0 aromatic heterocycles. The molecule has 0 spiro atoms. The van der Waals surface area contributed by atoms with Gasteiger partial charge in [0.05, 0.1) is 5.66 Å². The second kappa shape index (κ2) is 3.62. The average molecular weight is 200 g/mol. The Bertz CT molecular complexity index is 342. The third-order valence-corrected chi connectivity index (χ3v) is 3.43. The lowest BCUT2D eigenvalue weighted by Crippen LogP contribution is -1.96. The van der Waals surface area contributed by atoms with E-state index in [-0.39, 0.29) is 0 Å². The second-order valence-corrected chi connectivity index (χ2v) is 5.07. The van der Waals surface area contributed by atoms with Crippen LogP contribution in [0.15, 0.2) is 24.3 Å². The van der Waals surface area contributed by atoms with Gasteiger partial charge in [0, 0.05) is 0 Å². The second-order valence-electron chi connectivity index (χ2n) is 3.12. The lowest BCUT2D eigenvalue weighted by Gasteiger charge is -2.15. The third-order valence-electron chi connectivity index (χ3n) is 2.14. The first-order valence-electron chi connectivity index (χ1n) is 4.03. The van der Waals surface area contributed by atoms with E-state index in [2.05, 4.69) is 0 Å². The van der Waals surface area contributed by atoms with Crippen LogP contribution in [0.1, 0.15) is 23.7 Å². The van der Waals surface area contributed by atoms with Gasteiger partial charge >= 0.3 is 7.60 Å². The van der Waals surface area contributed by atoms with Crippen LogP contribution in [0.5, 0.6) is 0 Å². The molecule has 0 bridgehead atoms. The molecule has 0 saturated carbocycles. The van der Waals surface area contributed by atoms with Gasteiger partial charge in [0.1, 0.15) is 0 Å². The van der Waals surface area contributed by atoms with Crippen LogP contribution >= 0.6 is 7.60 Å². The van der Waals surface area contributed by atoms with Gasteiger partial charge in [-0.2, -0.15) is 0 Å². The summed E-state index contributed by atoms with van der Waals surface area (Å²) in [5.74, 6) is 0. The zero-order valence-electron chi connectivity index (χ0n) is 7.64. The Hall–Kier alpha value is -0.630. The molecule has 0 saturated heterocycles. The molecule has 0 aliphatic rings. The fourth-order valence-corrected chi connectivity index (χ4v) is 1.89. The molecule has 0 fully saturated rings. The van der Waals surface area contributed by atoms with Crippen molar-refractivity contribution in [3.63, 3.8) is 0 Å². The molecule has 0 radical (unpaired) electrons. The van der Waals surface area contributed by atoms with Crippen molar-refractivity contribution in [1.29, 1.82) is 0 Å². The Kier molecular flexibility index (Phi) is 2.91. The zero-order chi connectivity index (χ0) is 10.1. The Morgan fingerprint density at radius 2 is 1.85 bits per heavy atom. The van der Waals surface area contributed by atoms with Gasteiger partial charge in [-0.3, -0.25) is 4.57 Å². The van der Waals surface area contributed by atoms with Crippen molar-refractivity contribution < 1.29 is 14.4 Å². The summed E-state index contributed by atoms with van der Waals surface area (Å²) in [5, 5.41) is 0. The lowest BCUT2D eigenvalue weighted by atomic mass is 10.1. The van der Waals surface area contributed by atoms with E-state index in [1.807, 2.05) is 19.1 Å². The van der Waals surface area contributed by atoms with Crippen molar-refractivity contribution in [2.75, 3.05) is 0 Å². The van der Waals surface area contributed by atoms with Crippen LogP contribution in [0.25, 0.3) is 0 Å². The molecular formula is C9H13O3P. The van der Waals surface area contributed by atoms with Crippen molar-refractivity contribution in [2.45, 2.75) is 19.5 Å². The van der Waals surface area contributed by atoms with Gasteiger partial charge < -0.3 is 9.79 Å². The summed E-state index contributed by atoms with van der Waals surface area (Å²) in [4.78, 5) is 18.0. The van der Waals surface area contributed by atoms with E-state index in [9.17, 15) is 4.57 Å². The van der Waals surface area contributed by atoms with Gasteiger partial charge in [0.2, 0.25) is 0 Å². The molecule has 2 N–H and O–H groups in total. The van der Waals surface area contributed by atoms with Crippen molar-refractivity contribution in [3.8, 4) is 0 Å². The zero-order valence-corrected chi connectivity index (χ0v) is 8.53. The van der Waals surface area contributed by atoms with Crippen LogP contribution in [0.3, 0.4) is 0 Å². The summed E-state index contributed by atoms with van der Waals surface area (Å²) >= 11 is 0. The highest BCUT2D eigenvalue weighted by Crippen LogP contribution is 2.51. The van der Waals surface area contributed by atoms with Gasteiger partial charge in [-0.1, -0.05) is 24.3 Å². The molecule has 72 valence electrons. The molecular weight excluding hydrogens is 187 g/mol. The molecule has 1 atom stereocenters. The largest absolute Gasteiger partial charge is 0.332 e. The minimum atomic E-state index is -4.01. The summed E-state index contributed by atoms with van der Waals surface area (Å²) in [6.45, 7) is 3.39. The Balaban J connectivity index is 3.09. The van der Waals surface area contributed by atoms with E-state index < -0.39 is 13.3 Å². The fourth-order valence-electron chi connectivity index (χ4n) is 1.24. The van der Waals surface area contributed by atoms with Crippen molar-refractivity contribution in [2.24, 2.45) is 0 Å². The summed E-state index contributed by atoms with van der Waals surface area (Å²) in [6.07, 6.45) is 0. The van der Waals surface area contributed by atoms with Crippen LogP contribution in [0.4, 0.5) is 0 Å². The van der Waals surface area contributed by atoms with Gasteiger partial charge in [-0.15, -0.1) is 0 Å². The Labute approximate surface area is 77.6 Å². The number of hydrogen-bond donors (Lipinski definition) is 2. The highest BCUT2D eigenvalue weighted by molar-refractivity contribution is 7.52. The van der Waals surface area contributed by atoms with E-state index in [0.29, 0.717) is 0 Å². The fraction of sp³-hybridized carbons (Fsp3) is 0.333. The quantitative estimate of drug-likeness (QED) is 0.719. The van der Waals surface area contributed by atoms with Crippen LogP contribution in [-0.2, 0) is 4.57 Å². The van der Waals surface area contributed by atoms with E-state index in [0.717, 1.165) is 11.1 Å². The molecule has 0 aliphatic heterocycles. The molecule has 0 aliphatic carbocycles. The Morgan fingerprint density at radius 3 is 2.31 bits per heavy atom. The summed E-state index contributed by atoms with van der Waals surface area (Å²) in [7, 11) is -4.01. The number of aryl methyl sites for hydroxylation is 1. The summed E-state index contributed by atoms with van der Waals surface area (Å²) in [6, 6.07) is 7.24. The van der Waals surface area contributed by atoms with E-state index in [1.165, 1.54) is 0 Å². The van der Waals surface area contributed by atoms with Gasteiger partial charge in [0.15, 0.2) is 0 Å². The van der Waals surface area contributed by atoms with Gasteiger partial charge in [0.25, 0.3) is 0 Å². The summed E-state index contributed by atoms with van der Waals surface area (Å²) < 4.78 is 11.0. The van der Waals surface area contributed by atoms with Crippen molar-refractivity contribution >= 4 is 7.60 Å². The highest BCUT2D eigenvalue weighted by atomic mass is 31.2. The van der Waals surface area contributed by atoms with Gasteiger partial charge in [-0.05, 0) is 25.0 Å². The van der Waals surface area contributed by atoms with Gasteiger partial charge in [-0.25, -0.2) is 0 Å². The third kappa shape index (κ3) is 2.41. The van der Waals surface area contributed by atoms with Crippen molar-refractivity contribution in [1.82, 2.24) is 0 Å². The smallest absolute Gasteiger partial charge is 0.324 e. The molecule has 0 amide bonds. The first-order chi connectivity index (χ1) is 5.93. The molecule has 4 heteroatoms. The van der Waals surface area contributed by atoms with E-state index >= 15 is 0 Å². The molecule has 0 heterocycles. The monoisotopic (exact) mass is 200 g/mol. The minimum absolute atomic E-state index is 0.714. The van der Waals surface area contributed by atoms with Crippen LogP contribution in [0, 0.1) is 6.92 Å². The molecule has 3 nitrogen and oxygen atoms in total. The topological polar surface area (TPSA) is 57.5 Å². The lowest BCUT2D eigenvalue weighted by molar-refractivity contribution is 0.361. The predicted octanol–water partition coefficient (Wildman–Crippen LogP) is 2.23. The first kappa shape index (κ1) is 10.5. The maximum Gasteiger partial charge on any atom is 0.332 e. The Morgan fingerprint density at radius 1 is 1.31 bits per heavy atom. The first-order valence-corrected chi connectivity index (χ1v) is 5.72. The van der Waals surface area contributed by atoms with Crippen LogP contribution < -0.4 is 0 Å². The van der Waals surface area contributed by atoms with E-state index in [4.69, 9.17) is 9.79 Å². The molecule has 1 aromatic carbocycles. The van der Waals surface area contributed by atoms with Crippen LogP contribution in [0.2, 0.25) is 0 Å². The maximum absolute atomic E-state index is 11.0. The molecule has 1 rings (SSSR count). The van der Waals surface area contributed by atoms with E-state index in [1.54, 1.807) is 19.1 Å². The standard InChI is InChI=1S/C9H13O3P/c1-7-5-3-4-6-9(7)8(2)13(10,11)12/h3-6,8H,1-2H3,(H2,10,11,12)/t8-/m1/s1.